The largest absolute Gasteiger partial charge is 0.491 e. The zero-order chi connectivity index (χ0) is 27.9. The lowest BCUT2D eigenvalue weighted by molar-refractivity contribution is 0.0980. The molecule has 0 amide bonds. The quantitative estimate of drug-likeness (QED) is 0.115. The standard InChI is InChI=1S/C30H35FN4O2S/c1-6-8-14-34-22(3)21-38-29(9-7-2)28(18-33)30(27(17-32)23(4)35-19-25(31)20-35)24-10-12-26(13-11-24)37-16-15-36-5/h6,8-14,25H,3,7,15-16,19-21H2,1-2,4-5H3/b8-6-,27-23+,29-9-,30-28-,34-14?. The molecule has 0 spiro atoms. The summed E-state index contributed by atoms with van der Waals surface area (Å²) in [4.78, 5) is 6.89. The average Bonchev–Trinajstić information content (AvgIpc) is 2.90. The molecule has 0 bridgehead atoms. The van der Waals surface area contributed by atoms with Gasteiger partial charge in [-0.15, -0.1) is 11.8 Å². The van der Waals surface area contributed by atoms with E-state index >= 15 is 0 Å². The van der Waals surface area contributed by atoms with Gasteiger partial charge in [0.1, 0.15) is 30.7 Å². The summed E-state index contributed by atoms with van der Waals surface area (Å²) in [5, 5.41) is 20.7. The Morgan fingerprint density at radius 3 is 2.45 bits per heavy atom. The molecule has 0 N–H and O–H groups in total. The Morgan fingerprint density at radius 2 is 1.89 bits per heavy atom. The Balaban J connectivity index is 2.60. The first kappa shape index (κ1) is 30.6. The zero-order valence-corrected chi connectivity index (χ0v) is 23.4. The number of hydrogen-bond acceptors (Lipinski definition) is 7. The van der Waals surface area contributed by atoms with Crippen LogP contribution in [0, 0.1) is 22.7 Å². The first-order chi connectivity index (χ1) is 18.4. The minimum atomic E-state index is -0.920. The van der Waals surface area contributed by atoms with Crippen molar-refractivity contribution in [3.8, 4) is 17.9 Å². The Hall–Kier alpha value is -3.59. The van der Waals surface area contributed by atoms with Crippen LogP contribution in [-0.2, 0) is 4.74 Å². The summed E-state index contributed by atoms with van der Waals surface area (Å²) in [7, 11) is 1.61. The minimum absolute atomic E-state index is 0.231. The maximum absolute atomic E-state index is 13.7. The molecule has 8 heteroatoms. The molecule has 200 valence electrons. The first-order valence-electron chi connectivity index (χ1n) is 12.4. The number of benzene rings is 1. The van der Waals surface area contributed by atoms with Crippen LogP contribution in [-0.4, -0.2) is 56.5 Å². The lowest BCUT2D eigenvalue weighted by Gasteiger charge is -2.37. The minimum Gasteiger partial charge on any atom is -0.491 e. The van der Waals surface area contributed by atoms with E-state index in [1.807, 2.05) is 49.1 Å². The van der Waals surface area contributed by atoms with Crippen molar-refractivity contribution >= 4 is 23.5 Å². The van der Waals surface area contributed by atoms with Crippen molar-refractivity contribution in [1.82, 2.24) is 4.90 Å². The van der Waals surface area contributed by atoms with E-state index in [0.29, 0.717) is 64.8 Å². The predicted molar refractivity (Wildman–Crippen MR) is 154 cm³/mol. The summed E-state index contributed by atoms with van der Waals surface area (Å²) < 4.78 is 24.4. The number of alkyl halides is 1. The highest BCUT2D eigenvalue weighted by Crippen LogP contribution is 2.38. The Morgan fingerprint density at radius 1 is 1.21 bits per heavy atom. The molecule has 6 nitrogen and oxygen atoms in total. The maximum atomic E-state index is 13.7. The summed E-state index contributed by atoms with van der Waals surface area (Å²) in [5.41, 5.74) is 3.23. The second-order valence-corrected chi connectivity index (χ2v) is 9.45. The van der Waals surface area contributed by atoms with Gasteiger partial charge < -0.3 is 14.4 Å². The van der Waals surface area contributed by atoms with Crippen LogP contribution in [0.4, 0.5) is 4.39 Å². The average molecular weight is 535 g/mol. The van der Waals surface area contributed by atoms with Crippen LogP contribution in [0.15, 0.2) is 81.5 Å². The van der Waals surface area contributed by atoms with Crippen molar-refractivity contribution in [2.75, 3.05) is 39.2 Å². The number of ether oxygens (including phenoxy) is 2. The number of nitrogens with zero attached hydrogens (tertiary/aromatic N) is 4. The van der Waals surface area contributed by atoms with Crippen molar-refractivity contribution in [2.45, 2.75) is 33.4 Å². The number of likely N-dealkylation sites (tertiary alicyclic amines) is 1. The van der Waals surface area contributed by atoms with Crippen LogP contribution >= 0.6 is 11.8 Å². The van der Waals surface area contributed by atoms with Gasteiger partial charge in [0.15, 0.2) is 0 Å². The summed E-state index contributed by atoms with van der Waals surface area (Å²) in [6, 6.07) is 11.9. The molecule has 38 heavy (non-hydrogen) atoms. The van der Waals surface area contributed by atoms with E-state index in [4.69, 9.17) is 9.47 Å². The Bertz CT molecular complexity index is 1190. The number of nitriles is 2. The number of thioether (sulfide) groups is 1. The molecule has 0 unspecified atom stereocenters. The van der Waals surface area contributed by atoms with E-state index in [-0.39, 0.29) is 13.1 Å². The van der Waals surface area contributed by atoms with E-state index in [9.17, 15) is 14.9 Å². The highest BCUT2D eigenvalue weighted by molar-refractivity contribution is 8.03. The fourth-order valence-corrected chi connectivity index (χ4v) is 4.61. The third-order valence-electron chi connectivity index (χ3n) is 5.66. The normalized spacial score (nSPS) is 15.6. The molecule has 0 radical (unpaired) electrons. The number of hydrogen-bond donors (Lipinski definition) is 0. The summed E-state index contributed by atoms with van der Waals surface area (Å²) in [6.07, 6.45) is 7.13. The highest BCUT2D eigenvalue weighted by Gasteiger charge is 2.30. The second kappa shape index (κ2) is 16.3. The van der Waals surface area contributed by atoms with Crippen molar-refractivity contribution < 1.29 is 13.9 Å². The van der Waals surface area contributed by atoms with Gasteiger partial charge in [-0.2, -0.15) is 10.5 Å². The molecular formula is C30H35FN4O2S. The molecular weight excluding hydrogens is 499 g/mol. The van der Waals surface area contributed by atoms with Crippen molar-refractivity contribution in [3.05, 3.63) is 82.1 Å². The SMILES string of the molecule is C=C(CSC(=C\CC)/C(C#N)=C(\C(C#N)=C(/C)N1CC(F)C1)c1ccc(OCCOC)cc1)N=C/C=C\C. The summed E-state index contributed by atoms with van der Waals surface area (Å²) in [5.74, 6) is 1.13. The van der Waals surface area contributed by atoms with E-state index in [0.717, 1.165) is 4.91 Å². The summed E-state index contributed by atoms with van der Waals surface area (Å²) in [6.45, 7) is 11.0. The third kappa shape index (κ3) is 8.76. The highest BCUT2D eigenvalue weighted by atomic mass is 32.2. The van der Waals surface area contributed by atoms with Crippen molar-refractivity contribution in [1.29, 1.82) is 10.5 Å². The number of rotatable bonds is 14. The lowest BCUT2D eigenvalue weighted by atomic mass is 9.91. The fourth-order valence-electron chi connectivity index (χ4n) is 3.63. The molecule has 1 heterocycles. The monoisotopic (exact) mass is 534 g/mol. The first-order valence-corrected chi connectivity index (χ1v) is 13.4. The van der Waals surface area contributed by atoms with Gasteiger partial charge in [-0.1, -0.05) is 37.8 Å². The topological polar surface area (TPSA) is 81.6 Å². The van der Waals surface area contributed by atoms with Gasteiger partial charge in [0.05, 0.1) is 30.8 Å². The van der Waals surface area contributed by atoms with Gasteiger partial charge in [0, 0.05) is 40.9 Å². The van der Waals surface area contributed by atoms with Crippen LogP contribution in [0.5, 0.6) is 5.75 Å². The number of halogens is 1. The molecule has 1 saturated heterocycles. The van der Waals surface area contributed by atoms with Crippen LogP contribution in [0.3, 0.4) is 0 Å². The molecule has 1 aliphatic heterocycles. The van der Waals surface area contributed by atoms with Gasteiger partial charge in [-0.05, 0) is 44.0 Å². The summed E-state index contributed by atoms with van der Waals surface area (Å²) >= 11 is 1.45. The lowest BCUT2D eigenvalue weighted by Crippen LogP contribution is -2.47. The predicted octanol–water partition coefficient (Wildman–Crippen LogP) is 6.63. The number of allylic oxidation sites excluding steroid dienone is 7. The van der Waals surface area contributed by atoms with E-state index in [2.05, 4.69) is 23.7 Å². The van der Waals surface area contributed by atoms with Gasteiger partial charge >= 0.3 is 0 Å². The molecule has 1 fully saturated rings. The van der Waals surface area contributed by atoms with Crippen LogP contribution in [0.1, 0.15) is 32.8 Å². The molecule has 1 aliphatic rings. The Labute approximate surface area is 230 Å². The van der Waals surface area contributed by atoms with Crippen LogP contribution < -0.4 is 4.74 Å². The van der Waals surface area contributed by atoms with Crippen molar-refractivity contribution in [2.24, 2.45) is 4.99 Å². The van der Waals surface area contributed by atoms with E-state index < -0.39 is 6.17 Å². The van der Waals surface area contributed by atoms with Gasteiger partial charge in [-0.25, -0.2) is 4.39 Å². The second-order valence-electron chi connectivity index (χ2n) is 8.44. The molecule has 0 aliphatic carbocycles. The Kier molecular flexibility index (Phi) is 13.1. The molecule has 2 rings (SSSR count). The fraction of sp³-hybridized carbons (Fsp3) is 0.367. The van der Waals surface area contributed by atoms with Gasteiger partial charge in [-0.3, -0.25) is 4.99 Å². The van der Waals surface area contributed by atoms with Crippen molar-refractivity contribution in [3.63, 3.8) is 0 Å². The molecule has 1 aromatic carbocycles. The maximum Gasteiger partial charge on any atom is 0.135 e. The third-order valence-corrected chi connectivity index (χ3v) is 6.82. The van der Waals surface area contributed by atoms with E-state index in [1.165, 1.54) is 11.8 Å². The molecule has 0 atom stereocenters. The van der Waals surface area contributed by atoms with Gasteiger partial charge in [0.25, 0.3) is 0 Å². The van der Waals surface area contributed by atoms with Crippen LogP contribution in [0.25, 0.3) is 5.57 Å². The zero-order valence-electron chi connectivity index (χ0n) is 22.5. The van der Waals surface area contributed by atoms with Crippen LogP contribution in [0.2, 0.25) is 0 Å². The molecule has 1 aromatic rings. The van der Waals surface area contributed by atoms with Gasteiger partial charge in [0.2, 0.25) is 0 Å². The smallest absolute Gasteiger partial charge is 0.135 e. The molecule has 0 saturated carbocycles. The van der Waals surface area contributed by atoms with E-state index in [1.54, 1.807) is 32.4 Å². The molecule has 0 aromatic heterocycles. The number of aliphatic imine (C=N–C) groups is 1. The number of methoxy groups -OCH3 is 1.